The monoisotopic (exact) mass is 355 g/mol. The van der Waals surface area contributed by atoms with Gasteiger partial charge in [-0.05, 0) is 54.7 Å². The smallest absolute Gasteiger partial charge is 0.326 e. The second kappa shape index (κ2) is 5.39. The van der Waals surface area contributed by atoms with E-state index in [0.717, 1.165) is 12.8 Å². The quantitative estimate of drug-likeness (QED) is 0.917. The normalized spacial score (nSPS) is 18.1. The summed E-state index contributed by atoms with van der Waals surface area (Å²) in [5, 5.41) is 19.0. The van der Waals surface area contributed by atoms with Crippen molar-refractivity contribution in [2.45, 2.75) is 12.8 Å². The number of fused-ring (bicyclic) bond motifs is 1. The summed E-state index contributed by atoms with van der Waals surface area (Å²) in [6.45, 7) is 0.509. The number of hydrogen-bond acceptors (Lipinski definition) is 4. The lowest BCUT2D eigenvalue weighted by atomic mass is 9.99. The van der Waals surface area contributed by atoms with E-state index in [9.17, 15) is 18.8 Å². The fourth-order valence-corrected chi connectivity index (χ4v) is 4.64. The van der Waals surface area contributed by atoms with Crippen LogP contribution in [-0.4, -0.2) is 27.1 Å². The van der Waals surface area contributed by atoms with E-state index >= 15 is 0 Å². The molecular weight excluding hydrogens is 338 g/mol. The second-order valence-electron chi connectivity index (χ2n) is 6.49. The summed E-state index contributed by atoms with van der Waals surface area (Å²) in [6.07, 6.45) is 2.13. The molecule has 0 saturated heterocycles. The molecule has 1 heterocycles. The highest BCUT2D eigenvalue weighted by molar-refractivity contribution is 7.94. The first-order valence-corrected chi connectivity index (χ1v) is 9.45. The molecular formula is C18H17N3O3S. The van der Waals surface area contributed by atoms with Crippen LogP contribution >= 0.6 is 0 Å². The Morgan fingerprint density at radius 2 is 1.96 bits per heavy atom. The highest BCUT2D eigenvalue weighted by Gasteiger charge is 2.40. The van der Waals surface area contributed by atoms with Crippen molar-refractivity contribution in [2.75, 3.05) is 22.2 Å². The zero-order valence-electron chi connectivity index (χ0n) is 13.7. The van der Waals surface area contributed by atoms with Crippen LogP contribution < -0.4 is 8.61 Å². The molecule has 0 aromatic heterocycles. The van der Waals surface area contributed by atoms with Crippen LogP contribution in [0.4, 0.5) is 11.4 Å². The van der Waals surface area contributed by atoms with E-state index in [-0.39, 0.29) is 5.75 Å². The maximum absolute atomic E-state index is 12.7. The number of nitrogens with zero attached hydrogens (tertiary/aromatic N) is 3. The Morgan fingerprint density at radius 1 is 1.20 bits per heavy atom. The van der Waals surface area contributed by atoms with Gasteiger partial charge in [0.1, 0.15) is 5.75 Å². The van der Waals surface area contributed by atoms with Gasteiger partial charge in [-0.2, -0.15) is 13.7 Å². The van der Waals surface area contributed by atoms with Crippen molar-refractivity contribution in [1.82, 2.24) is 0 Å². The van der Waals surface area contributed by atoms with E-state index in [4.69, 9.17) is 0 Å². The Morgan fingerprint density at radius 3 is 2.64 bits per heavy atom. The van der Waals surface area contributed by atoms with Crippen LogP contribution in [0.5, 0.6) is 5.75 Å². The highest BCUT2D eigenvalue weighted by atomic mass is 32.2. The predicted molar refractivity (Wildman–Crippen MR) is 95.7 cm³/mol. The molecule has 2 aromatic rings. The van der Waals surface area contributed by atoms with Crippen molar-refractivity contribution in [3.63, 3.8) is 0 Å². The Balaban J connectivity index is 1.83. The van der Waals surface area contributed by atoms with E-state index in [2.05, 4.69) is 6.07 Å². The van der Waals surface area contributed by atoms with Crippen LogP contribution in [0.2, 0.25) is 0 Å². The number of anilines is 2. The van der Waals surface area contributed by atoms with Crippen LogP contribution in [0.3, 0.4) is 0 Å². The van der Waals surface area contributed by atoms with Crippen molar-refractivity contribution in [1.29, 1.82) is 5.26 Å². The maximum Gasteiger partial charge on any atom is 0.326 e. The molecule has 1 aliphatic heterocycles. The first kappa shape index (κ1) is 15.8. The highest BCUT2D eigenvalue weighted by Crippen LogP contribution is 2.45. The Labute approximate surface area is 146 Å². The molecule has 1 saturated carbocycles. The number of phenols is 1. The maximum atomic E-state index is 12.7. The number of benzene rings is 2. The van der Waals surface area contributed by atoms with Crippen LogP contribution in [0.25, 0.3) is 11.1 Å². The van der Waals surface area contributed by atoms with Crippen molar-refractivity contribution in [3.8, 4) is 22.9 Å². The molecule has 0 radical (unpaired) electrons. The van der Waals surface area contributed by atoms with E-state index < -0.39 is 10.2 Å². The standard InChI is InChI=1S/C18H17N3O3S/c1-20-18-8-13(16-9-15(22)6-4-14(16)10-19)5-7-17(18)21(25(20,23)24)11-12-2-3-12/h4-9,12,22H,2-3,11H2,1H3. The van der Waals surface area contributed by atoms with E-state index in [1.54, 1.807) is 31.3 Å². The first-order chi connectivity index (χ1) is 11.9. The minimum atomic E-state index is -3.55. The van der Waals surface area contributed by atoms with Gasteiger partial charge in [-0.25, -0.2) is 0 Å². The molecule has 0 amide bonds. The van der Waals surface area contributed by atoms with Gasteiger partial charge in [-0.15, -0.1) is 0 Å². The molecule has 128 valence electrons. The first-order valence-electron chi connectivity index (χ1n) is 8.06. The van der Waals surface area contributed by atoms with Crippen LogP contribution in [0.1, 0.15) is 18.4 Å². The van der Waals surface area contributed by atoms with Crippen molar-refractivity contribution in [2.24, 2.45) is 5.92 Å². The van der Waals surface area contributed by atoms with Gasteiger partial charge in [0.25, 0.3) is 0 Å². The zero-order valence-corrected chi connectivity index (χ0v) is 14.5. The summed E-state index contributed by atoms with van der Waals surface area (Å²) in [5.41, 5.74) is 2.96. The summed E-state index contributed by atoms with van der Waals surface area (Å²) in [5.74, 6) is 0.496. The number of rotatable bonds is 3. The molecule has 1 N–H and O–H groups in total. The topological polar surface area (TPSA) is 84.6 Å². The van der Waals surface area contributed by atoms with Crippen molar-refractivity contribution < 1.29 is 13.5 Å². The molecule has 1 fully saturated rings. The lowest BCUT2D eigenvalue weighted by Crippen LogP contribution is -2.36. The predicted octanol–water partition coefficient (Wildman–Crippen LogP) is 2.84. The van der Waals surface area contributed by atoms with Gasteiger partial charge in [0.05, 0.1) is 23.0 Å². The Hall–Kier alpha value is -2.72. The van der Waals surface area contributed by atoms with Gasteiger partial charge in [0.2, 0.25) is 0 Å². The number of phenolic OH excluding ortho intramolecular Hbond substituents is 1. The largest absolute Gasteiger partial charge is 0.508 e. The van der Waals surface area contributed by atoms with Crippen LogP contribution in [0.15, 0.2) is 36.4 Å². The fourth-order valence-electron chi connectivity index (χ4n) is 3.15. The van der Waals surface area contributed by atoms with Gasteiger partial charge in [-0.3, -0.25) is 8.61 Å². The molecule has 2 aliphatic rings. The summed E-state index contributed by atoms with van der Waals surface area (Å²) in [4.78, 5) is 0. The van der Waals surface area contributed by atoms with Crippen LogP contribution in [0, 0.1) is 17.2 Å². The molecule has 0 bridgehead atoms. The summed E-state index contributed by atoms with van der Waals surface area (Å²) in [6, 6.07) is 12.0. The molecule has 2 aromatic carbocycles. The fraction of sp³-hybridized carbons (Fsp3) is 0.278. The molecule has 0 unspecified atom stereocenters. The summed E-state index contributed by atoms with van der Waals surface area (Å²) >= 11 is 0. The van der Waals surface area contributed by atoms with Gasteiger partial charge in [-0.1, -0.05) is 6.07 Å². The van der Waals surface area contributed by atoms with Crippen LogP contribution in [-0.2, 0) is 10.2 Å². The summed E-state index contributed by atoms with van der Waals surface area (Å²) in [7, 11) is -2.01. The average Bonchev–Trinajstić information content (AvgIpc) is 3.39. The third-order valence-electron chi connectivity index (χ3n) is 4.76. The van der Waals surface area contributed by atoms with Gasteiger partial charge in [0.15, 0.2) is 0 Å². The van der Waals surface area contributed by atoms with Gasteiger partial charge >= 0.3 is 10.2 Å². The second-order valence-corrected chi connectivity index (χ2v) is 8.38. The molecule has 25 heavy (non-hydrogen) atoms. The minimum absolute atomic E-state index is 0.0610. The van der Waals surface area contributed by atoms with Crippen molar-refractivity contribution in [3.05, 3.63) is 42.0 Å². The molecule has 1 aliphatic carbocycles. The molecule has 0 spiro atoms. The molecule has 4 rings (SSSR count). The number of nitriles is 1. The SMILES string of the molecule is CN1c2cc(-c3cc(O)ccc3C#N)ccc2N(CC2CC2)S1(=O)=O. The number of hydrogen-bond donors (Lipinski definition) is 1. The third kappa shape index (κ3) is 2.50. The van der Waals surface area contributed by atoms with Crippen molar-refractivity contribution >= 4 is 21.6 Å². The third-order valence-corrected chi connectivity index (χ3v) is 6.56. The Bertz CT molecular complexity index is 1010. The lowest BCUT2D eigenvalue weighted by Gasteiger charge is -2.18. The molecule has 7 heteroatoms. The minimum Gasteiger partial charge on any atom is -0.508 e. The average molecular weight is 355 g/mol. The molecule has 6 nitrogen and oxygen atoms in total. The molecule has 0 atom stereocenters. The lowest BCUT2D eigenvalue weighted by molar-refractivity contribution is 0.475. The van der Waals surface area contributed by atoms with Gasteiger partial charge < -0.3 is 5.11 Å². The zero-order chi connectivity index (χ0) is 17.8. The van der Waals surface area contributed by atoms with Gasteiger partial charge in [0, 0.05) is 19.2 Å². The summed E-state index contributed by atoms with van der Waals surface area (Å²) < 4.78 is 28.1. The van der Waals surface area contributed by atoms with E-state index in [0.29, 0.717) is 40.5 Å². The van der Waals surface area contributed by atoms with E-state index in [1.165, 1.54) is 20.7 Å². The Kier molecular flexibility index (Phi) is 3.41. The number of aromatic hydroxyl groups is 1. The van der Waals surface area contributed by atoms with E-state index in [1.807, 2.05) is 0 Å².